The van der Waals surface area contributed by atoms with Gasteiger partial charge in [-0.3, -0.25) is 9.59 Å². The van der Waals surface area contributed by atoms with Crippen LogP contribution in [0.25, 0.3) is 0 Å². The van der Waals surface area contributed by atoms with Gasteiger partial charge in [0.2, 0.25) is 0 Å². The van der Waals surface area contributed by atoms with Crippen LogP contribution in [0.1, 0.15) is 17.5 Å². The molecule has 1 aromatic carbocycles. The summed E-state index contributed by atoms with van der Waals surface area (Å²) >= 11 is 0. The second-order valence-electron chi connectivity index (χ2n) is 4.96. The Hall–Kier alpha value is -2.30. The van der Waals surface area contributed by atoms with Crippen molar-refractivity contribution in [3.63, 3.8) is 0 Å². The Morgan fingerprint density at radius 3 is 2.45 bits per heavy atom. The zero-order valence-electron chi connectivity index (χ0n) is 13.4. The SMILES string of the molecule is C=CCN(CCC(=O)OC)C(=O)COc1c(C)cccc1C. The number of carbonyl (C=O) groups excluding carboxylic acids is 2. The molecule has 0 heterocycles. The van der Waals surface area contributed by atoms with Gasteiger partial charge in [-0.1, -0.05) is 24.3 Å². The fourth-order valence-electron chi connectivity index (χ4n) is 2.05. The van der Waals surface area contributed by atoms with Gasteiger partial charge in [0.25, 0.3) is 5.91 Å². The van der Waals surface area contributed by atoms with Crippen LogP contribution in [-0.2, 0) is 14.3 Å². The molecule has 0 saturated heterocycles. The second-order valence-corrected chi connectivity index (χ2v) is 4.96. The zero-order chi connectivity index (χ0) is 16.5. The van der Waals surface area contributed by atoms with E-state index in [0.29, 0.717) is 6.54 Å². The first-order chi connectivity index (χ1) is 10.5. The summed E-state index contributed by atoms with van der Waals surface area (Å²) in [6.45, 7) is 8.08. The number of amides is 1. The third-order valence-electron chi connectivity index (χ3n) is 3.26. The third-order valence-corrected chi connectivity index (χ3v) is 3.26. The van der Waals surface area contributed by atoms with E-state index >= 15 is 0 Å². The Morgan fingerprint density at radius 1 is 1.27 bits per heavy atom. The number of nitrogens with zero attached hydrogens (tertiary/aromatic N) is 1. The summed E-state index contributed by atoms with van der Waals surface area (Å²) in [4.78, 5) is 25.0. The van der Waals surface area contributed by atoms with Crippen LogP contribution in [0.4, 0.5) is 0 Å². The minimum Gasteiger partial charge on any atom is -0.483 e. The van der Waals surface area contributed by atoms with E-state index in [1.54, 1.807) is 6.08 Å². The summed E-state index contributed by atoms with van der Waals surface area (Å²) in [5.41, 5.74) is 1.97. The highest BCUT2D eigenvalue weighted by Crippen LogP contribution is 2.22. The monoisotopic (exact) mass is 305 g/mol. The van der Waals surface area contributed by atoms with Crippen molar-refractivity contribution < 1.29 is 19.1 Å². The molecule has 0 N–H and O–H groups in total. The molecule has 0 atom stereocenters. The smallest absolute Gasteiger partial charge is 0.307 e. The molecule has 0 spiro atoms. The Balaban J connectivity index is 2.63. The number of aryl methyl sites for hydroxylation is 2. The van der Waals surface area contributed by atoms with Crippen LogP contribution in [0.5, 0.6) is 5.75 Å². The molecule has 0 bridgehead atoms. The molecule has 0 aliphatic carbocycles. The molecule has 0 aromatic heterocycles. The van der Waals surface area contributed by atoms with Crippen molar-refractivity contribution in [1.82, 2.24) is 4.90 Å². The number of esters is 1. The number of hydrogen-bond donors (Lipinski definition) is 0. The standard InChI is InChI=1S/C17H23NO4/c1-5-10-18(11-9-16(20)21-4)15(19)12-22-17-13(2)7-6-8-14(17)3/h5-8H,1,9-12H2,2-4H3. The molecule has 1 rings (SSSR count). The van der Waals surface area contributed by atoms with Crippen LogP contribution in [0.15, 0.2) is 30.9 Å². The molecule has 0 aliphatic heterocycles. The van der Waals surface area contributed by atoms with Crippen LogP contribution < -0.4 is 4.74 Å². The van der Waals surface area contributed by atoms with E-state index in [2.05, 4.69) is 11.3 Å². The summed E-state index contributed by atoms with van der Waals surface area (Å²) in [5, 5.41) is 0. The Morgan fingerprint density at radius 2 is 1.91 bits per heavy atom. The predicted molar refractivity (Wildman–Crippen MR) is 84.8 cm³/mol. The average Bonchev–Trinajstić information content (AvgIpc) is 2.50. The van der Waals surface area contributed by atoms with E-state index in [1.807, 2.05) is 32.0 Å². The number of benzene rings is 1. The molecule has 0 aliphatic rings. The zero-order valence-corrected chi connectivity index (χ0v) is 13.4. The number of methoxy groups -OCH3 is 1. The van der Waals surface area contributed by atoms with Crippen molar-refractivity contribution in [3.05, 3.63) is 42.0 Å². The summed E-state index contributed by atoms with van der Waals surface area (Å²) in [6.07, 6.45) is 1.77. The molecular formula is C17H23NO4. The van der Waals surface area contributed by atoms with Gasteiger partial charge in [0.1, 0.15) is 5.75 Å². The quantitative estimate of drug-likeness (QED) is 0.546. The molecule has 22 heavy (non-hydrogen) atoms. The van der Waals surface area contributed by atoms with Crippen LogP contribution in [0.3, 0.4) is 0 Å². The maximum absolute atomic E-state index is 12.2. The summed E-state index contributed by atoms with van der Waals surface area (Å²) in [6, 6.07) is 5.82. The molecule has 120 valence electrons. The van der Waals surface area contributed by atoms with E-state index in [1.165, 1.54) is 12.0 Å². The van der Waals surface area contributed by atoms with E-state index in [-0.39, 0.29) is 31.4 Å². The van der Waals surface area contributed by atoms with Gasteiger partial charge in [0.05, 0.1) is 13.5 Å². The lowest BCUT2D eigenvalue weighted by Gasteiger charge is -2.21. The van der Waals surface area contributed by atoms with Crippen molar-refractivity contribution in [1.29, 1.82) is 0 Å². The highest BCUT2D eigenvalue weighted by Gasteiger charge is 2.15. The van der Waals surface area contributed by atoms with E-state index in [9.17, 15) is 9.59 Å². The van der Waals surface area contributed by atoms with E-state index in [0.717, 1.165) is 16.9 Å². The second kappa shape index (κ2) is 8.87. The van der Waals surface area contributed by atoms with Gasteiger partial charge in [0.15, 0.2) is 6.61 Å². The predicted octanol–water partition coefficient (Wildman–Crippen LogP) is 2.26. The molecule has 5 nitrogen and oxygen atoms in total. The normalized spacial score (nSPS) is 9.95. The maximum Gasteiger partial charge on any atom is 0.307 e. The summed E-state index contributed by atoms with van der Waals surface area (Å²) in [7, 11) is 1.33. The number of para-hydroxylation sites is 1. The Labute approximate surface area is 131 Å². The average molecular weight is 305 g/mol. The maximum atomic E-state index is 12.2. The first-order valence-corrected chi connectivity index (χ1v) is 7.14. The van der Waals surface area contributed by atoms with Crippen molar-refractivity contribution in [2.24, 2.45) is 0 Å². The molecule has 0 unspecified atom stereocenters. The first kappa shape index (κ1) is 17.8. The van der Waals surface area contributed by atoms with Crippen LogP contribution in [0, 0.1) is 13.8 Å². The highest BCUT2D eigenvalue weighted by atomic mass is 16.5. The molecule has 0 saturated carbocycles. The summed E-state index contributed by atoms with van der Waals surface area (Å²) < 4.78 is 10.2. The highest BCUT2D eigenvalue weighted by molar-refractivity contribution is 5.79. The first-order valence-electron chi connectivity index (χ1n) is 7.14. The molecule has 1 amide bonds. The van der Waals surface area contributed by atoms with Gasteiger partial charge in [-0.15, -0.1) is 6.58 Å². The van der Waals surface area contributed by atoms with E-state index < -0.39 is 0 Å². The van der Waals surface area contributed by atoms with Crippen LogP contribution in [0.2, 0.25) is 0 Å². The molecule has 1 aromatic rings. The largest absolute Gasteiger partial charge is 0.483 e. The fraction of sp³-hybridized carbons (Fsp3) is 0.412. The van der Waals surface area contributed by atoms with Crippen LogP contribution in [-0.4, -0.2) is 43.6 Å². The summed E-state index contributed by atoms with van der Waals surface area (Å²) in [5.74, 6) is 0.186. The van der Waals surface area contributed by atoms with Crippen LogP contribution >= 0.6 is 0 Å². The van der Waals surface area contributed by atoms with Crippen molar-refractivity contribution >= 4 is 11.9 Å². The van der Waals surface area contributed by atoms with Crippen molar-refractivity contribution in [2.75, 3.05) is 26.8 Å². The number of ether oxygens (including phenoxy) is 2. The van der Waals surface area contributed by atoms with Crippen molar-refractivity contribution in [2.45, 2.75) is 20.3 Å². The fourth-order valence-corrected chi connectivity index (χ4v) is 2.05. The number of carbonyl (C=O) groups is 2. The third kappa shape index (κ3) is 5.24. The molecular weight excluding hydrogens is 282 g/mol. The Kier molecular flexibility index (Phi) is 7.16. The van der Waals surface area contributed by atoms with Gasteiger partial charge < -0.3 is 14.4 Å². The van der Waals surface area contributed by atoms with Gasteiger partial charge in [-0.2, -0.15) is 0 Å². The lowest BCUT2D eigenvalue weighted by atomic mass is 10.1. The lowest BCUT2D eigenvalue weighted by Crippen LogP contribution is -2.36. The minimum absolute atomic E-state index is 0.0687. The van der Waals surface area contributed by atoms with Crippen molar-refractivity contribution in [3.8, 4) is 5.75 Å². The minimum atomic E-state index is -0.350. The topological polar surface area (TPSA) is 55.8 Å². The number of hydrogen-bond acceptors (Lipinski definition) is 4. The molecule has 5 heteroatoms. The van der Waals surface area contributed by atoms with Gasteiger partial charge in [-0.05, 0) is 25.0 Å². The van der Waals surface area contributed by atoms with Gasteiger partial charge >= 0.3 is 5.97 Å². The van der Waals surface area contributed by atoms with E-state index in [4.69, 9.17) is 4.74 Å². The van der Waals surface area contributed by atoms with Gasteiger partial charge in [0, 0.05) is 13.1 Å². The number of rotatable bonds is 8. The molecule has 0 radical (unpaired) electrons. The van der Waals surface area contributed by atoms with Gasteiger partial charge in [-0.25, -0.2) is 0 Å². The molecule has 0 fully saturated rings. The Bertz CT molecular complexity index is 519. The lowest BCUT2D eigenvalue weighted by molar-refractivity contribution is -0.141.